The van der Waals surface area contributed by atoms with E-state index in [-0.39, 0.29) is 5.84 Å². The Bertz CT molecular complexity index is 653. The van der Waals surface area contributed by atoms with Crippen LogP contribution in [0.2, 0.25) is 0 Å². The number of oxime groups is 1. The molecule has 0 atom stereocenters. The van der Waals surface area contributed by atoms with Crippen LogP contribution in [0, 0.1) is 0 Å². The fraction of sp³-hybridized carbons (Fsp3) is 0.286. The molecule has 1 saturated heterocycles. The lowest BCUT2D eigenvalue weighted by atomic mass is 10.2. The lowest BCUT2D eigenvalue weighted by Crippen LogP contribution is -2.47. The van der Waals surface area contributed by atoms with Gasteiger partial charge in [-0.3, -0.25) is 0 Å². The minimum absolute atomic E-state index is 0.0322. The lowest BCUT2D eigenvalue weighted by Gasteiger charge is -2.36. The summed E-state index contributed by atoms with van der Waals surface area (Å²) in [6, 6.07) is 5.89. The minimum Gasteiger partial charge on any atom is -0.409 e. The number of aromatic nitrogens is 3. The van der Waals surface area contributed by atoms with Crippen molar-refractivity contribution in [3.63, 3.8) is 0 Å². The summed E-state index contributed by atoms with van der Waals surface area (Å²) in [6.07, 6.45) is 4.93. The van der Waals surface area contributed by atoms with Gasteiger partial charge < -0.3 is 20.7 Å². The van der Waals surface area contributed by atoms with E-state index in [0.717, 1.165) is 32.0 Å². The predicted molar refractivity (Wildman–Crippen MR) is 83.2 cm³/mol. The van der Waals surface area contributed by atoms with Crippen LogP contribution >= 0.6 is 0 Å². The first-order chi connectivity index (χ1) is 10.8. The fourth-order valence-electron chi connectivity index (χ4n) is 2.48. The van der Waals surface area contributed by atoms with E-state index >= 15 is 0 Å². The molecule has 22 heavy (non-hydrogen) atoms. The number of piperazine rings is 1. The first-order valence-electron chi connectivity index (χ1n) is 6.99. The molecule has 3 N–H and O–H groups in total. The van der Waals surface area contributed by atoms with Crippen LogP contribution in [0.1, 0.15) is 5.69 Å². The number of pyridine rings is 1. The molecule has 3 rings (SSSR count). The van der Waals surface area contributed by atoms with Crippen LogP contribution in [0.25, 0.3) is 0 Å². The number of hydrogen-bond acceptors (Lipinski definition) is 7. The fourth-order valence-corrected chi connectivity index (χ4v) is 2.48. The van der Waals surface area contributed by atoms with Crippen molar-refractivity contribution in [2.75, 3.05) is 36.0 Å². The van der Waals surface area contributed by atoms with Crippen LogP contribution in [0.5, 0.6) is 0 Å². The van der Waals surface area contributed by atoms with Crippen LogP contribution in [-0.4, -0.2) is 52.2 Å². The van der Waals surface area contributed by atoms with Gasteiger partial charge in [-0.05, 0) is 12.1 Å². The van der Waals surface area contributed by atoms with E-state index in [1.807, 2.05) is 18.2 Å². The maximum atomic E-state index is 8.86. The summed E-state index contributed by atoms with van der Waals surface area (Å²) in [7, 11) is 0. The molecule has 114 valence electrons. The molecule has 0 aliphatic carbocycles. The molecular weight excluding hydrogens is 282 g/mol. The average Bonchev–Trinajstić information content (AvgIpc) is 2.62. The molecule has 8 nitrogen and oxygen atoms in total. The molecule has 1 aliphatic heterocycles. The molecule has 0 aromatic carbocycles. The van der Waals surface area contributed by atoms with Crippen molar-refractivity contribution in [2.45, 2.75) is 0 Å². The van der Waals surface area contributed by atoms with Crippen molar-refractivity contribution in [1.29, 1.82) is 0 Å². The Morgan fingerprint density at radius 1 is 1.00 bits per heavy atom. The molecule has 0 amide bonds. The molecule has 0 saturated carbocycles. The van der Waals surface area contributed by atoms with Gasteiger partial charge in [0, 0.05) is 44.8 Å². The third-order valence-corrected chi connectivity index (χ3v) is 3.58. The molecule has 0 unspecified atom stereocenters. The van der Waals surface area contributed by atoms with E-state index in [2.05, 4.69) is 29.9 Å². The van der Waals surface area contributed by atoms with Gasteiger partial charge in [0.1, 0.15) is 5.82 Å². The monoisotopic (exact) mass is 299 g/mol. The van der Waals surface area contributed by atoms with Gasteiger partial charge in [-0.2, -0.15) is 0 Å². The molecule has 3 heterocycles. The molecule has 0 bridgehead atoms. The van der Waals surface area contributed by atoms with Crippen molar-refractivity contribution in [1.82, 2.24) is 15.0 Å². The predicted octanol–water partition coefficient (Wildman–Crippen LogP) is 0.293. The second-order valence-electron chi connectivity index (χ2n) is 4.88. The summed E-state index contributed by atoms with van der Waals surface area (Å²) < 4.78 is 0. The van der Waals surface area contributed by atoms with Crippen molar-refractivity contribution in [3.05, 3.63) is 42.5 Å². The zero-order valence-corrected chi connectivity index (χ0v) is 12.0. The Balaban J connectivity index is 1.75. The SMILES string of the molecule is NC(=NO)c1nccnc1N1CCN(c2ccccn2)CC1. The molecule has 1 fully saturated rings. The Kier molecular flexibility index (Phi) is 3.99. The molecule has 2 aromatic rings. The standard InChI is InChI=1S/C14H17N7O/c15-13(19-22)12-14(18-6-5-17-12)21-9-7-20(8-10-21)11-3-1-2-4-16-11/h1-6,22H,7-10H2,(H2,15,19). The van der Waals surface area contributed by atoms with E-state index in [0.29, 0.717) is 11.5 Å². The molecule has 0 radical (unpaired) electrons. The van der Waals surface area contributed by atoms with Gasteiger partial charge in [-0.1, -0.05) is 11.2 Å². The summed E-state index contributed by atoms with van der Waals surface area (Å²) in [5.41, 5.74) is 6.07. The average molecular weight is 299 g/mol. The smallest absolute Gasteiger partial charge is 0.192 e. The quantitative estimate of drug-likeness (QED) is 0.363. The van der Waals surface area contributed by atoms with E-state index in [9.17, 15) is 0 Å². The van der Waals surface area contributed by atoms with Crippen LogP contribution in [0.4, 0.5) is 11.6 Å². The Labute approximate surface area is 127 Å². The molecule has 2 aromatic heterocycles. The summed E-state index contributed by atoms with van der Waals surface area (Å²) in [5.74, 6) is 1.58. The van der Waals surface area contributed by atoms with Crippen molar-refractivity contribution < 1.29 is 5.21 Å². The highest BCUT2D eigenvalue weighted by molar-refractivity contribution is 5.99. The summed E-state index contributed by atoms with van der Waals surface area (Å²) in [6.45, 7) is 3.17. The number of nitrogens with two attached hydrogens (primary N) is 1. The number of nitrogens with zero attached hydrogens (tertiary/aromatic N) is 6. The zero-order chi connectivity index (χ0) is 15.4. The number of amidine groups is 1. The van der Waals surface area contributed by atoms with E-state index in [1.165, 1.54) is 6.20 Å². The van der Waals surface area contributed by atoms with Gasteiger partial charge in [-0.15, -0.1) is 0 Å². The van der Waals surface area contributed by atoms with E-state index in [4.69, 9.17) is 10.9 Å². The summed E-state index contributed by atoms with van der Waals surface area (Å²) in [5, 5.41) is 11.9. The van der Waals surface area contributed by atoms with Crippen molar-refractivity contribution in [3.8, 4) is 0 Å². The Morgan fingerprint density at radius 2 is 1.73 bits per heavy atom. The Morgan fingerprint density at radius 3 is 2.41 bits per heavy atom. The number of rotatable bonds is 3. The van der Waals surface area contributed by atoms with Crippen molar-refractivity contribution in [2.24, 2.45) is 10.9 Å². The van der Waals surface area contributed by atoms with Crippen LogP contribution < -0.4 is 15.5 Å². The van der Waals surface area contributed by atoms with Gasteiger partial charge in [0.2, 0.25) is 0 Å². The largest absolute Gasteiger partial charge is 0.409 e. The highest BCUT2D eigenvalue weighted by Crippen LogP contribution is 2.19. The molecule has 1 aliphatic rings. The highest BCUT2D eigenvalue weighted by Gasteiger charge is 2.22. The van der Waals surface area contributed by atoms with Crippen LogP contribution in [-0.2, 0) is 0 Å². The van der Waals surface area contributed by atoms with Crippen molar-refractivity contribution >= 4 is 17.5 Å². The number of hydrogen-bond donors (Lipinski definition) is 2. The third-order valence-electron chi connectivity index (χ3n) is 3.58. The van der Waals surface area contributed by atoms with Crippen LogP contribution in [0.3, 0.4) is 0 Å². The zero-order valence-electron chi connectivity index (χ0n) is 12.0. The first kappa shape index (κ1) is 14.1. The van der Waals surface area contributed by atoms with Gasteiger partial charge in [-0.25, -0.2) is 15.0 Å². The highest BCUT2D eigenvalue weighted by atomic mass is 16.4. The van der Waals surface area contributed by atoms with Gasteiger partial charge in [0.15, 0.2) is 17.3 Å². The first-order valence-corrected chi connectivity index (χ1v) is 6.99. The lowest BCUT2D eigenvalue weighted by molar-refractivity contribution is 0.318. The van der Waals surface area contributed by atoms with Gasteiger partial charge in [0.25, 0.3) is 0 Å². The second kappa shape index (κ2) is 6.25. The molecule has 0 spiro atoms. The van der Waals surface area contributed by atoms with Crippen LogP contribution in [0.15, 0.2) is 41.9 Å². The number of anilines is 2. The van der Waals surface area contributed by atoms with E-state index in [1.54, 1.807) is 12.4 Å². The van der Waals surface area contributed by atoms with Gasteiger partial charge >= 0.3 is 0 Å². The normalized spacial score (nSPS) is 15.9. The molecule has 8 heteroatoms. The topological polar surface area (TPSA) is 104 Å². The summed E-state index contributed by atoms with van der Waals surface area (Å²) in [4.78, 5) is 17.2. The maximum absolute atomic E-state index is 8.86. The minimum atomic E-state index is -0.0322. The van der Waals surface area contributed by atoms with Gasteiger partial charge in [0.05, 0.1) is 0 Å². The Hall–Kier alpha value is -2.90. The maximum Gasteiger partial charge on any atom is 0.192 e. The summed E-state index contributed by atoms with van der Waals surface area (Å²) >= 11 is 0. The molecular formula is C14H17N7O. The second-order valence-corrected chi connectivity index (χ2v) is 4.88. The van der Waals surface area contributed by atoms with E-state index < -0.39 is 0 Å². The third kappa shape index (κ3) is 2.76.